The van der Waals surface area contributed by atoms with E-state index in [1.54, 1.807) is 13.0 Å². The SMILES string of the molecule is CC(N)c1cccc(CC(F)F)c1F.Cl. The topological polar surface area (TPSA) is 26.0 Å². The lowest BCUT2D eigenvalue weighted by Crippen LogP contribution is -2.10. The van der Waals surface area contributed by atoms with Gasteiger partial charge in [-0.3, -0.25) is 0 Å². The van der Waals surface area contributed by atoms with Crippen LogP contribution in [-0.4, -0.2) is 6.43 Å². The van der Waals surface area contributed by atoms with Crippen LogP contribution in [0.3, 0.4) is 0 Å². The highest BCUT2D eigenvalue weighted by molar-refractivity contribution is 5.85. The highest BCUT2D eigenvalue weighted by atomic mass is 35.5. The first-order valence-electron chi connectivity index (χ1n) is 4.33. The third kappa shape index (κ3) is 3.72. The minimum Gasteiger partial charge on any atom is -0.324 e. The second kappa shape index (κ2) is 5.98. The van der Waals surface area contributed by atoms with E-state index in [0.717, 1.165) is 0 Å². The molecule has 2 N–H and O–H groups in total. The number of hydrogen-bond donors (Lipinski definition) is 1. The minimum atomic E-state index is -2.53. The Hall–Kier alpha value is -0.740. The van der Waals surface area contributed by atoms with Crippen molar-refractivity contribution >= 4 is 12.4 Å². The van der Waals surface area contributed by atoms with Gasteiger partial charge in [0.05, 0.1) is 0 Å². The molecule has 0 radical (unpaired) electrons. The Bertz CT molecular complexity index is 316. The lowest BCUT2D eigenvalue weighted by molar-refractivity contribution is 0.147. The summed E-state index contributed by atoms with van der Waals surface area (Å²) in [5.74, 6) is -0.609. The maximum atomic E-state index is 13.5. The van der Waals surface area contributed by atoms with Gasteiger partial charge in [0.25, 0.3) is 0 Å². The van der Waals surface area contributed by atoms with Gasteiger partial charge in [-0.25, -0.2) is 13.2 Å². The van der Waals surface area contributed by atoms with E-state index >= 15 is 0 Å². The number of halogens is 4. The number of benzene rings is 1. The summed E-state index contributed by atoms with van der Waals surface area (Å²) < 4.78 is 37.5. The lowest BCUT2D eigenvalue weighted by Gasteiger charge is -2.10. The first kappa shape index (κ1) is 14.3. The van der Waals surface area contributed by atoms with Crippen LogP contribution >= 0.6 is 12.4 Å². The van der Waals surface area contributed by atoms with E-state index in [1.165, 1.54) is 12.1 Å². The summed E-state index contributed by atoms with van der Waals surface area (Å²) in [4.78, 5) is 0. The van der Waals surface area contributed by atoms with Gasteiger partial charge >= 0.3 is 0 Å². The van der Waals surface area contributed by atoms with Crippen molar-refractivity contribution in [1.82, 2.24) is 0 Å². The molecule has 0 aliphatic carbocycles. The molecule has 15 heavy (non-hydrogen) atoms. The van der Waals surface area contributed by atoms with Gasteiger partial charge in [-0.05, 0) is 12.5 Å². The van der Waals surface area contributed by atoms with Gasteiger partial charge < -0.3 is 5.73 Å². The Kier molecular flexibility index (Phi) is 5.68. The van der Waals surface area contributed by atoms with Crippen molar-refractivity contribution < 1.29 is 13.2 Å². The average Bonchev–Trinajstić information content (AvgIpc) is 2.07. The molecular formula is C10H13ClF3N. The van der Waals surface area contributed by atoms with Crippen LogP contribution in [-0.2, 0) is 6.42 Å². The minimum absolute atomic E-state index is 0. The zero-order chi connectivity index (χ0) is 10.7. The fourth-order valence-corrected chi connectivity index (χ4v) is 1.28. The van der Waals surface area contributed by atoms with Crippen molar-refractivity contribution in [3.63, 3.8) is 0 Å². The third-order valence-corrected chi connectivity index (χ3v) is 1.97. The van der Waals surface area contributed by atoms with Crippen LogP contribution in [0.1, 0.15) is 24.1 Å². The molecule has 1 unspecified atom stereocenters. The molecule has 86 valence electrons. The Morgan fingerprint density at radius 3 is 2.40 bits per heavy atom. The number of rotatable bonds is 3. The van der Waals surface area contributed by atoms with E-state index in [1.807, 2.05) is 0 Å². The maximum Gasteiger partial charge on any atom is 0.242 e. The molecule has 1 atom stereocenters. The first-order valence-corrected chi connectivity index (χ1v) is 4.33. The number of hydrogen-bond acceptors (Lipinski definition) is 1. The molecule has 1 rings (SSSR count). The molecule has 0 fully saturated rings. The van der Waals surface area contributed by atoms with Crippen molar-refractivity contribution in [3.8, 4) is 0 Å². The average molecular weight is 240 g/mol. The van der Waals surface area contributed by atoms with E-state index in [2.05, 4.69) is 0 Å². The largest absolute Gasteiger partial charge is 0.324 e. The van der Waals surface area contributed by atoms with Crippen LogP contribution in [0.4, 0.5) is 13.2 Å². The Labute approximate surface area is 92.9 Å². The first-order chi connectivity index (χ1) is 6.52. The molecule has 0 saturated carbocycles. The Morgan fingerprint density at radius 2 is 1.93 bits per heavy atom. The normalized spacial score (nSPS) is 12.4. The lowest BCUT2D eigenvalue weighted by atomic mass is 10.0. The molecule has 0 aromatic heterocycles. The number of nitrogens with two attached hydrogens (primary N) is 1. The van der Waals surface area contributed by atoms with E-state index in [0.29, 0.717) is 0 Å². The van der Waals surface area contributed by atoms with Crippen molar-refractivity contribution in [2.24, 2.45) is 5.73 Å². The van der Waals surface area contributed by atoms with Crippen molar-refractivity contribution in [3.05, 3.63) is 35.1 Å². The van der Waals surface area contributed by atoms with Gasteiger partial charge in [-0.1, -0.05) is 18.2 Å². The van der Waals surface area contributed by atoms with Gasteiger partial charge in [0, 0.05) is 18.0 Å². The highest BCUT2D eigenvalue weighted by Gasteiger charge is 2.14. The van der Waals surface area contributed by atoms with Gasteiger partial charge in [0.1, 0.15) is 5.82 Å². The molecule has 0 amide bonds. The van der Waals surface area contributed by atoms with Crippen molar-refractivity contribution in [2.45, 2.75) is 25.8 Å². The van der Waals surface area contributed by atoms with Crippen molar-refractivity contribution in [1.29, 1.82) is 0 Å². The summed E-state index contributed by atoms with van der Waals surface area (Å²) in [5, 5.41) is 0. The van der Waals surface area contributed by atoms with Crippen molar-refractivity contribution in [2.75, 3.05) is 0 Å². The Morgan fingerprint density at radius 1 is 1.33 bits per heavy atom. The van der Waals surface area contributed by atoms with E-state index in [9.17, 15) is 13.2 Å². The summed E-state index contributed by atoms with van der Waals surface area (Å²) in [5.41, 5.74) is 5.79. The van der Waals surface area contributed by atoms with Crippen LogP contribution in [0, 0.1) is 5.82 Å². The fourth-order valence-electron chi connectivity index (χ4n) is 1.28. The smallest absolute Gasteiger partial charge is 0.242 e. The molecule has 0 saturated heterocycles. The van der Waals surface area contributed by atoms with Crippen LogP contribution < -0.4 is 5.73 Å². The quantitative estimate of drug-likeness (QED) is 0.862. The molecule has 1 aromatic rings. The van der Waals surface area contributed by atoms with Crippen LogP contribution in [0.15, 0.2) is 18.2 Å². The molecule has 5 heteroatoms. The molecule has 0 spiro atoms. The molecule has 1 aromatic carbocycles. The van der Waals surface area contributed by atoms with Crippen LogP contribution in [0.5, 0.6) is 0 Å². The van der Waals surface area contributed by atoms with Crippen LogP contribution in [0.2, 0.25) is 0 Å². The molecule has 0 aliphatic heterocycles. The summed E-state index contributed by atoms with van der Waals surface area (Å²) >= 11 is 0. The molecular weight excluding hydrogens is 227 g/mol. The number of alkyl halides is 2. The monoisotopic (exact) mass is 239 g/mol. The standard InChI is InChI=1S/C10H12F3N.ClH/c1-6(14)8-4-2-3-7(10(8)13)5-9(11)12;/h2-4,6,9H,5,14H2,1H3;1H. The zero-order valence-electron chi connectivity index (χ0n) is 8.21. The summed E-state index contributed by atoms with van der Waals surface area (Å²) in [6, 6.07) is 3.93. The van der Waals surface area contributed by atoms with Gasteiger partial charge in [0.2, 0.25) is 6.43 Å². The van der Waals surface area contributed by atoms with Gasteiger partial charge in [-0.15, -0.1) is 12.4 Å². The highest BCUT2D eigenvalue weighted by Crippen LogP contribution is 2.20. The molecule has 1 nitrogen and oxygen atoms in total. The molecule has 0 bridgehead atoms. The summed E-state index contributed by atoms with van der Waals surface area (Å²) in [6.45, 7) is 1.62. The molecule has 0 aliphatic rings. The van der Waals surface area contributed by atoms with Crippen LogP contribution in [0.25, 0.3) is 0 Å². The van der Waals surface area contributed by atoms with E-state index < -0.39 is 24.7 Å². The Balaban J connectivity index is 0.00000196. The van der Waals surface area contributed by atoms with E-state index in [4.69, 9.17) is 5.73 Å². The van der Waals surface area contributed by atoms with E-state index in [-0.39, 0.29) is 23.5 Å². The molecule has 0 heterocycles. The zero-order valence-corrected chi connectivity index (χ0v) is 9.03. The van der Waals surface area contributed by atoms with Gasteiger partial charge in [0.15, 0.2) is 0 Å². The fraction of sp³-hybridized carbons (Fsp3) is 0.400. The summed E-state index contributed by atoms with van der Waals surface area (Å²) in [7, 11) is 0. The second-order valence-electron chi connectivity index (χ2n) is 3.20. The third-order valence-electron chi connectivity index (χ3n) is 1.97. The summed E-state index contributed by atoms with van der Waals surface area (Å²) in [6.07, 6.45) is -3.10. The predicted molar refractivity (Wildman–Crippen MR) is 56.0 cm³/mol. The van der Waals surface area contributed by atoms with Gasteiger partial charge in [-0.2, -0.15) is 0 Å². The predicted octanol–water partition coefficient (Wildman–Crippen LogP) is 3.07. The maximum absolute atomic E-state index is 13.5. The second-order valence-corrected chi connectivity index (χ2v) is 3.20.